The molecule has 122 valence electrons. The summed E-state index contributed by atoms with van der Waals surface area (Å²) in [6, 6.07) is 9.22. The van der Waals surface area contributed by atoms with Gasteiger partial charge >= 0.3 is 0 Å². The van der Waals surface area contributed by atoms with E-state index in [-0.39, 0.29) is 18.4 Å². The number of carbonyl (C=O) groups is 2. The zero-order valence-electron chi connectivity index (χ0n) is 13.4. The SMILES string of the molecule is C#CCNC(=O)C(CC1CCCCC1)C(=O)Nc1ccccc1. The van der Waals surface area contributed by atoms with Crippen LogP contribution in [-0.4, -0.2) is 18.4 Å². The largest absolute Gasteiger partial charge is 0.344 e. The van der Waals surface area contributed by atoms with Crippen molar-refractivity contribution in [1.29, 1.82) is 0 Å². The van der Waals surface area contributed by atoms with Gasteiger partial charge in [-0.1, -0.05) is 56.2 Å². The van der Waals surface area contributed by atoms with Crippen LogP contribution >= 0.6 is 0 Å². The molecule has 1 aliphatic carbocycles. The molecule has 4 nitrogen and oxygen atoms in total. The maximum Gasteiger partial charge on any atom is 0.236 e. The maximum atomic E-state index is 12.6. The standard InChI is InChI=1S/C19H24N2O2/c1-2-13-20-18(22)17(14-15-9-5-3-6-10-15)19(23)21-16-11-7-4-8-12-16/h1,4,7-8,11-12,15,17H,3,5-6,9-10,13-14H2,(H,20,22)(H,21,23). The Bertz CT molecular complexity index is 556. The van der Waals surface area contributed by atoms with Crippen LogP contribution in [0.1, 0.15) is 38.5 Å². The molecular weight excluding hydrogens is 288 g/mol. The first-order valence-corrected chi connectivity index (χ1v) is 8.28. The molecule has 0 aliphatic heterocycles. The van der Waals surface area contributed by atoms with E-state index in [1.807, 2.05) is 30.3 Å². The van der Waals surface area contributed by atoms with Gasteiger partial charge in [0.2, 0.25) is 11.8 Å². The highest BCUT2D eigenvalue weighted by molar-refractivity contribution is 6.06. The number of benzene rings is 1. The number of anilines is 1. The van der Waals surface area contributed by atoms with Crippen molar-refractivity contribution in [2.45, 2.75) is 38.5 Å². The highest BCUT2D eigenvalue weighted by atomic mass is 16.2. The van der Waals surface area contributed by atoms with Crippen molar-refractivity contribution in [3.05, 3.63) is 30.3 Å². The quantitative estimate of drug-likeness (QED) is 0.627. The molecule has 0 bridgehead atoms. The van der Waals surface area contributed by atoms with E-state index in [0.717, 1.165) is 12.8 Å². The Morgan fingerprint density at radius 1 is 1.13 bits per heavy atom. The van der Waals surface area contributed by atoms with Crippen LogP contribution in [0.2, 0.25) is 0 Å². The fourth-order valence-electron chi connectivity index (χ4n) is 3.10. The third-order valence-electron chi connectivity index (χ3n) is 4.33. The fraction of sp³-hybridized carbons (Fsp3) is 0.474. The Hall–Kier alpha value is -2.28. The van der Waals surface area contributed by atoms with Crippen molar-refractivity contribution in [2.75, 3.05) is 11.9 Å². The summed E-state index contributed by atoms with van der Waals surface area (Å²) in [7, 11) is 0. The molecule has 2 rings (SSSR count). The molecule has 0 aromatic heterocycles. The minimum absolute atomic E-state index is 0.151. The Morgan fingerprint density at radius 3 is 2.48 bits per heavy atom. The lowest BCUT2D eigenvalue weighted by molar-refractivity contribution is -0.133. The summed E-state index contributed by atoms with van der Waals surface area (Å²) in [5, 5.41) is 5.49. The molecule has 1 atom stereocenters. The molecule has 1 saturated carbocycles. The first-order chi connectivity index (χ1) is 11.2. The monoisotopic (exact) mass is 312 g/mol. The van der Waals surface area contributed by atoms with Gasteiger partial charge in [-0.05, 0) is 24.5 Å². The number of rotatable bonds is 6. The van der Waals surface area contributed by atoms with Gasteiger partial charge in [0.15, 0.2) is 0 Å². The average molecular weight is 312 g/mol. The molecule has 1 aromatic rings. The molecule has 0 radical (unpaired) electrons. The van der Waals surface area contributed by atoms with Crippen molar-refractivity contribution in [1.82, 2.24) is 5.32 Å². The van der Waals surface area contributed by atoms with E-state index >= 15 is 0 Å². The number of hydrogen-bond donors (Lipinski definition) is 2. The first-order valence-electron chi connectivity index (χ1n) is 8.28. The van der Waals surface area contributed by atoms with Crippen LogP contribution in [0.4, 0.5) is 5.69 Å². The van der Waals surface area contributed by atoms with Crippen LogP contribution in [0.25, 0.3) is 0 Å². The van der Waals surface area contributed by atoms with Gasteiger partial charge in [0.25, 0.3) is 0 Å². The fourth-order valence-corrected chi connectivity index (χ4v) is 3.10. The number of terminal acetylenes is 1. The van der Waals surface area contributed by atoms with Gasteiger partial charge in [0.1, 0.15) is 5.92 Å². The average Bonchev–Trinajstić information content (AvgIpc) is 2.59. The Morgan fingerprint density at radius 2 is 1.83 bits per heavy atom. The third kappa shape index (κ3) is 5.45. The van der Waals surface area contributed by atoms with Gasteiger partial charge in [0.05, 0.1) is 6.54 Å². The van der Waals surface area contributed by atoms with Crippen LogP contribution in [0, 0.1) is 24.2 Å². The van der Waals surface area contributed by atoms with Crippen molar-refractivity contribution in [2.24, 2.45) is 11.8 Å². The first kappa shape index (κ1) is 17.1. The van der Waals surface area contributed by atoms with Crippen molar-refractivity contribution in [3.63, 3.8) is 0 Å². The highest BCUT2D eigenvalue weighted by Crippen LogP contribution is 2.29. The second-order valence-corrected chi connectivity index (χ2v) is 6.07. The number of nitrogens with one attached hydrogen (secondary N) is 2. The summed E-state index contributed by atoms with van der Waals surface area (Å²) in [4.78, 5) is 24.9. The Labute approximate surface area is 138 Å². The molecule has 4 heteroatoms. The van der Waals surface area contributed by atoms with Gasteiger partial charge in [-0.3, -0.25) is 9.59 Å². The smallest absolute Gasteiger partial charge is 0.236 e. The van der Waals surface area contributed by atoms with Gasteiger partial charge in [0, 0.05) is 5.69 Å². The predicted octanol–water partition coefficient (Wildman–Crippen LogP) is 2.96. The highest BCUT2D eigenvalue weighted by Gasteiger charge is 2.30. The molecule has 1 fully saturated rings. The summed E-state index contributed by atoms with van der Waals surface area (Å²) in [5.41, 5.74) is 0.705. The van der Waals surface area contributed by atoms with Gasteiger partial charge in [-0.25, -0.2) is 0 Å². The number of amides is 2. The molecule has 2 amide bonds. The van der Waals surface area contributed by atoms with Crippen LogP contribution in [-0.2, 0) is 9.59 Å². The van der Waals surface area contributed by atoms with Crippen molar-refractivity contribution in [3.8, 4) is 12.3 Å². The van der Waals surface area contributed by atoms with E-state index in [1.165, 1.54) is 19.3 Å². The zero-order valence-corrected chi connectivity index (χ0v) is 13.4. The zero-order chi connectivity index (χ0) is 16.5. The number of hydrogen-bond acceptors (Lipinski definition) is 2. The number of carbonyl (C=O) groups excluding carboxylic acids is 2. The van der Waals surface area contributed by atoms with Crippen LogP contribution in [0.5, 0.6) is 0 Å². The molecule has 1 aromatic carbocycles. The van der Waals surface area contributed by atoms with E-state index in [4.69, 9.17) is 6.42 Å². The summed E-state index contributed by atoms with van der Waals surface area (Å²) in [5.74, 6) is 1.60. The number of para-hydroxylation sites is 1. The van der Waals surface area contributed by atoms with E-state index in [9.17, 15) is 9.59 Å². The van der Waals surface area contributed by atoms with Crippen LogP contribution < -0.4 is 10.6 Å². The van der Waals surface area contributed by atoms with Gasteiger partial charge in [-0.2, -0.15) is 0 Å². The lowest BCUT2D eigenvalue weighted by atomic mass is 9.82. The van der Waals surface area contributed by atoms with E-state index in [2.05, 4.69) is 16.6 Å². The van der Waals surface area contributed by atoms with Crippen molar-refractivity contribution >= 4 is 17.5 Å². The predicted molar refractivity (Wildman–Crippen MR) is 91.6 cm³/mol. The molecular formula is C19H24N2O2. The molecule has 2 N–H and O–H groups in total. The van der Waals surface area contributed by atoms with E-state index < -0.39 is 5.92 Å². The van der Waals surface area contributed by atoms with Gasteiger partial charge < -0.3 is 10.6 Å². The second-order valence-electron chi connectivity index (χ2n) is 6.07. The molecule has 1 unspecified atom stereocenters. The minimum atomic E-state index is -0.688. The molecule has 0 heterocycles. The molecule has 0 spiro atoms. The molecule has 23 heavy (non-hydrogen) atoms. The van der Waals surface area contributed by atoms with Crippen LogP contribution in [0.15, 0.2) is 30.3 Å². The summed E-state index contributed by atoms with van der Waals surface area (Å²) >= 11 is 0. The summed E-state index contributed by atoms with van der Waals surface area (Å²) in [6.45, 7) is 0.151. The third-order valence-corrected chi connectivity index (χ3v) is 4.33. The van der Waals surface area contributed by atoms with Crippen LogP contribution in [0.3, 0.4) is 0 Å². The minimum Gasteiger partial charge on any atom is -0.344 e. The molecule has 1 aliphatic rings. The normalized spacial score (nSPS) is 16.1. The Balaban J connectivity index is 2.03. The second kappa shape index (κ2) is 8.99. The summed E-state index contributed by atoms with van der Waals surface area (Å²) in [6.07, 6.45) is 11.6. The molecule has 0 saturated heterocycles. The lowest BCUT2D eigenvalue weighted by Crippen LogP contribution is -2.39. The topological polar surface area (TPSA) is 58.2 Å². The van der Waals surface area contributed by atoms with Gasteiger partial charge in [-0.15, -0.1) is 6.42 Å². The lowest BCUT2D eigenvalue weighted by Gasteiger charge is -2.25. The van der Waals surface area contributed by atoms with E-state index in [1.54, 1.807) is 0 Å². The summed E-state index contributed by atoms with van der Waals surface area (Å²) < 4.78 is 0. The Kier molecular flexibility index (Phi) is 6.68. The van der Waals surface area contributed by atoms with Crippen molar-refractivity contribution < 1.29 is 9.59 Å². The maximum absolute atomic E-state index is 12.6. The van der Waals surface area contributed by atoms with E-state index in [0.29, 0.717) is 18.0 Å².